The van der Waals surface area contributed by atoms with Crippen LogP contribution in [0.4, 0.5) is 0 Å². The molecule has 2 rings (SSSR count). The van der Waals surface area contributed by atoms with E-state index in [-0.39, 0.29) is 0 Å². The zero-order valence-corrected chi connectivity index (χ0v) is 12.4. The molecule has 0 bridgehead atoms. The van der Waals surface area contributed by atoms with Crippen molar-refractivity contribution in [3.05, 3.63) is 40.9 Å². The monoisotopic (exact) mass is 261 g/mol. The molecule has 19 heavy (non-hydrogen) atoms. The molecule has 0 radical (unpaired) electrons. The highest BCUT2D eigenvalue weighted by molar-refractivity contribution is 5.34. The molecule has 1 N–H and O–H groups in total. The second-order valence-electron chi connectivity index (χ2n) is 5.09. The van der Waals surface area contributed by atoms with Crippen LogP contribution in [0.25, 0.3) is 0 Å². The number of hydrogen-bond donors (Lipinski definition) is 1. The fourth-order valence-corrected chi connectivity index (χ4v) is 2.67. The summed E-state index contributed by atoms with van der Waals surface area (Å²) in [6.07, 6.45) is 5.81. The summed E-state index contributed by atoms with van der Waals surface area (Å²) in [4.78, 5) is 4.38. The molecule has 2 heterocycles. The van der Waals surface area contributed by atoms with E-state index in [0.717, 1.165) is 30.2 Å². The SMILES string of the molecule is CNC(CCc1nccn1C)c1c(C)oc(C)c1C. The molecule has 1 unspecified atom stereocenters. The van der Waals surface area contributed by atoms with E-state index in [1.54, 1.807) is 0 Å². The molecule has 2 aromatic heterocycles. The van der Waals surface area contributed by atoms with Crippen molar-refractivity contribution in [1.29, 1.82) is 0 Å². The Labute approximate surface area is 114 Å². The van der Waals surface area contributed by atoms with Crippen LogP contribution >= 0.6 is 0 Å². The van der Waals surface area contributed by atoms with Crippen LogP contribution in [0.1, 0.15) is 40.9 Å². The van der Waals surface area contributed by atoms with Gasteiger partial charge in [-0.3, -0.25) is 0 Å². The van der Waals surface area contributed by atoms with E-state index in [4.69, 9.17) is 4.42 Å². The lowest BCUT2D eigenvalue weighted by atomic mass is 9.98. The molecule has 0 spiro atoms. The molecule has 0 amide bonds. The highest BCUT2D eigenvalue weighted by Gasteiger charge is 2.20. The number of hydrogen-bond acceptors (Lipinski definition) is 3. The molecule has 0 saturated heterocycles. The van der Waals surface area contributed by atoms with Crippen molar-refractivity contribution in [2.45, 2.75) is 39.7 Å². The Bertz CT molecular complexity index is 554. The number of rotatable bonds is 5. The highest BCUT2D eigenvalue weighted by Crippen LogP contribution is 2.29. The minimum atomic E-state index is 0.314. The van der Waals surface area contributed by atoms with Gasteiger partial charge in [0.05, 0.1) is 0 Å². The van der Waals surface area contributed by atoms with Crippen LogP contribution in [0.3, 0.4) is 0 Å². The van der Waals surface area contributed by atoms with Gasteiger partial charge in [-0.25, -0.2) is 4.98 Å². The van der Waals surface area contributed by atoms with Crippen molar-refractivity contribution in [1.82, 2.24) is 14.9 Å². The predicted molar refractivity (Wildman–Crippen MR) is 76.2 cm³/mol. The maximum atomic E-state index is 5.73. The van der Waals surface area contributed by atoms with Gasteiger partial charge in [0.25, 0.3) is 0 Å². The van der Waals surface area contributed by atoms with Crippen molar-refractivity contribution >= 4 is 0 Å². The first-order valence-electron chi connectivity index (χ1n) is 6.74. The molecule has 1 atom stereocenters. The lowest BCUT2D eigenvalue weighted by Crippen LogP contribution is -2.19. The Kier molecular flexibility index (Phi) is 4.10. The molecule has 104 valence electrons. The zero-order valence-electron chi connectivity index (χ0n) is 12.4. The Morgan fingerprint density at radius 1 is 1.32 bits per heavy atom. The Morgan fingerprint density at radius 2 is 2.05 bits per heavy atom. The fourth-order valence-electron chi connectivity index (χ4n) is 2.67. The van der Waals surface area contributed by atoms with Gasteiger partial charge >= 0.3 is 0 Å². The summed E-state index contributed by atoms with van der Waals surface area (Å²) >= 11 is 0. The second kappa shape index (κ2) is 5.61. The summed E-state index contributed by atoms with van der Waals surface area (Å²) in [5, 5.41) is 3.40. The van der Waals surface area contributed by atoms with Gasteiger partial charge in [0, 0.05) is 37.5 Å². The summed E-state index contributed by atoms with van der Waals surface area (Å²) in [6.45, 7) is 6.20. The molecular formula is C15H23N3O. The summed E-state index contributed by atoms with van der Waals surface area (Å²) < 4.78 is 7.80. The lowest BCUT2D eigenvalue weighted by molar-refractivity contribution is 0.481. The van der Waals surface area contributed by atoms with E-state index in [1.807, 2.05) is 40.3 Å². The molecule has 0 fully saturated rings. The second-order valence-corrected chi connectivity index (χ2v) is 5.09. The van der Waals surface area contributed by atoms with Gasteiger partial charge < -0.3 is 14.3 Å². The third kappa shape index (κ3) is 2.73. The maximum absolute atomic E-state index is 5.73. The first-order chi connectivity index (χ1) is 9.04. The molecule has 0 saturated carbocycles. The van der Waals surface area contributed by atoms with Crippen molar-refractivity contribution in [2.24, 2.45) is 7.05 Å². The normalized spacial score (nSPS) is 12.9. The van der Waals surface area contributed by atoms with Crippen molar-refractivity contribution < 1.29 is 4.42 Å². The van der Waals surface area contributed by atoms with Crippen LogP contribution in [0, 0.1) is 20.8 Å². The van der Waals surface area contributed by atoms with Crippen LogP contribution in [0.5, 0.6) is 0 Å². The maximum Gasteiger partial charge on any atom is 0.108 e. The largest absolute Gasteiger partial charge is 0.466 e. The van der Waals surface area contributed by atoms with Gasteiger partial charge in [-0.1, -0.05) is 0 Å². The van der Waals surface area contributed by atoms with Crippen LogP contribution < -0.4 is 5.32 Å². The summed E-state index contributed by atoms with van der Waals surface area (Å²) in [5.41, 5.74) is 2.56. The standard InChI is InChI=1S/C15H23N3O/c1-10-11(2)19-12(3)15(10)13(16-4)6-7-14-17-8-9-18(14)5/h8-9,13,16H,6-7H2,1-5H3. The van der Waals surface area contributed by atoms with Gasteiger partial charge in [0.2, 0.25) is 0 Å². The van der Waals surface area contributed by atoms with Crippen LogP contribution in [0.2, 0.25) is 0 Å². The summed E-state index contributed by atoms with van der Waals surface area (Å²) in [5.74, 6) is 3.16. The quantitative estimate of drug-likeness (QED) is 0.900. The molecule has 0 aliphatic rings. The molecule has 4 nitrogen and oxygen atoms in total. The van der Waals surface area contributed by atoms with Crippen LogP contribution in [0.15, 0.2) is 16.8 Å². The van der Waals surface area contributed by atoms with E-state index < -0.39 is 0 Å². The van der Waals surface area contributed by atoms with E-state index in [2.05, 4.69) is 21.8 Å². The molecular weight excluding hydrogens is 238 g/mol. The lowest BCUT2D eigenvalue weighted by Gasteiger charge is -2.16. The molecule has 0 aliphatic carbocycles. The minimum absolute atomic E-state index is 0.314. The van der Waals surface area contributed by atoms with E-state index in [1.165, 1.54) is 11.1 Å². The molecule has 0 aliphatic heterocycles. The van der Waals surface area contributed by atoms with Crippen molar-refractivity contribution in [3.8, 4) is 0 Å². The average molecular weight is 261 g/mol. The topological polar surface area (TPSA) is 43.0 Å². The van der Waals surface area contributed by atoms with E-state index in [9.17, 15) is 0 Å². The third-order valence-corrected chi connectivity index (χ3v) is 3.89. The summed E-state index contributed by atoms with van der Waals surface area (Å²) in [6, 6.07) is 0.314. The number of furan rings is 1. The van der Waals surface area contributed by atoms with E-state index >= 15 is 0 Å². The zero-order chi connectivity index (χ0) is 14.0. The van der Waals surface area contributed by atoms with Gasteiger partial charge in [-0.05, 0) is 39.8 Å². The first-order valence-corrected chi connectivity index (χ1v) is 6.74. The smallest absolute Gasteiger partial charge is 0.108 e. The van der Waals surface area contributed by atoms with Gasteiger partial charge in [0.15, 0.2) is 0 Å². The van der Waals surface area contributed by atoms with Crippen LogP contribution in [-0.4, -0.2) is 16.6 Å². The number of nitrogens with one attached hydrogen (secondary N) is 1. The Morgan fingerprint density at radius 3 is 2.53 bits per heavy atom. The average Bonchev–Trinajstić information content (AvgIpc) is 2.88. The first kappa shape index (κ1) is 13.9. The van der Waals surface area contributed by atoms with Crippen LogP contribution in [-0.2, 0) is 13.5 Å². The number of aryl methyl sites for hydroxylation is 4. The van der Waals surface area contributed by atoms with Crippen molar-refractivity contribution in [2.75, 3.05) is 7.05 Å². The molecule has 2 aromatic rings. The van der Waals surface area contributed by atoms with Gasteiger partial charge in [-0.15, -0.1) is 0 Å². The summed E-state index contributed by atoms with van der Waals surface area (Å²) in [7, 11) is 4.04. The molecule has 0 aromatic carbocycles. The van der Waals surface area contributed by atoms with Gasteiger partial charge in [0.1, 0.15) is 17.3 Å². The Hall–Kier alpha value is -1.55. The number of imidazole rings is 1. The van der Waals surface area contributed by atoms with Gasteiger partial charge in [-0.2, -0.15) is 0 Å². The number of nitrogens with zero attached hydrogens (tertiary/aromatic N) is 2. The fraction of sp³-hybridized carbons (Fsp3) is 0.533. The van der Waals surface area contributed by atoms with Crippen molar-refractivity contribution in [3.63, 3.8) is 0 Å². The number of aromatic nitrogens is 2. The third-order valence-electron chi connectivity index (χ3n) is 3.89. The minimum Gasteiger partial charge on any atom is -0.466 e. The molecule has 4 heteroatoms. The Balaban J connectivity index is 2.14. The predicted octanol–water partition coefficient (Wildman–Crippen LogP) is 2.83. The van der Waals surface area contributed by atoms with E-state index in [0.29, 0.717) is 6.04 Å². The highest BCUT2D eigenvalue weighted by atomic mass is 16.3.